The maximum Gasteiger partial charge on any atom is 0.323 e. The second-order valence-electron chi connectivity index (χ2n) is 4.59. The molecule has 1 rings (SSSR count). The van der Waals surface area contributed by atoms with Crippen molar-refractivity contribution in [2.45, 2.75) is 12.8 Å². The van der Waals surface area contributed by atoms with Crippen LogP contribution in [0, 0.1) is 5.92 Å². The molecule has 1 fully saturated rings. The van der Waals surface area contributed by atoms with Crippen molar-refractivity contribution in [2.24, 2.45) is 11.7 Å². The van der Waals surface area contributed by atoms with E-state index in [1.807, 2.05) is 0 Å². The molecule has 20 heavy (non-hydrogen) atoms. The van der Waals surface area contributed by atoms with Gasteiger partial charge in [-0.05, 0) is 12.8 Å². The summed E-state index contributed by atoms with van der Waals surface area (Å²) in [4.78, 5) is 46.5. The van der Waals surface area contributed by atoms with E-state index in [1.54, 1.807) is 0 Å². The zero-order valence-corrected chi connectivity index (χ0v) is 10.8. The summed E-state index contributed by atoms with van der Waals surface area (Å²) < 4.78 is 0. The molecule has 9 heteroatoms. The summed E-state index contributed by atoms with van der Waals surface area (Å²) in [6.07, 6.45) is 0.796. The number of aliphatic carboxylic acids is 2. The number of carboxylic acid groups (broad SMARTS) is 2. The average molecular weight is 287 g/mol. The number of piperidine rings is 1. The van der Waals surface area contributed by atoms with Crippen LogP contribution in [-0.2, 0) is 14.4 Å². The first-order chi connectivity index (χ1) is 9.31. The van der Waals surface area contributed by atoms with Crippen LogP contribution in [0.15, 0.2) is 0 Å². The SMILES string of the molecule is NC(=O)C1CCN(C(=O)N(CC(=O)O)CC(=O)O)CC1. The Balaban J connectivity index is 2.63. The molecule has 0 radical (unpaired) electrons. The number of nitrogens with zero attached hydrogens (tertiary/aromatic N) is 2. The Bertz CT molecular complexity index is 400. The van der Waals surface area contributed by atoms with Crippen molar-refractivity contribution in [1.29, 1.82) is 0 Å². The molecule has 9 nitrogen and oxygen atoms in total. The van der Waals surface area contributed by atoms with Crippen LogP contribution >= 0.6 is 0 Å². The maximum atomic E-state index is 12.1. The predicted molar refractivity (Wildman–Crippen MR) is 65.7 cm³/mol. The quantitative estimate of drug-likeness (QED) is 0.578. The molecule has 0 aromatic heterocycles. The van der Waals surface area contributed by atoms with Crippen molar-refractivity contribution in [2.75, 3.05) is 26.2 Å². The average Bonchev–Trinajstić information content (AvgIpc) is 2.36. The fourth-order valence-corrected chi connectivity index (χ4v) is 2.07. The van der Waals surface area contributed by atoms with Crippen LogP contribution in [0.2, 0.25) is 0 Å². The van der Waals surface area contributed by atoms with Crippen molar-refractivity contribution in [3.05, 3.63) is 0 Å². The van der Waals surface area contributed by atoms with Crippen molar-refractivity contribution < 1.29 is 29.4 Å². The minimum absolute atomic E-state index is 0.252. The number of carboxylic acids is 2. The first-order valence-electron chi connectivity index (χ1n) is 6.08. The van der Waals surface area contributed by atoms with E-state index in [0.29, 0.717) is 12.8 Å². The predicted octanol–water partition coefficient (Wildman–Crippen LogP) is -1.23. The highest BCUT2D eigenvalue weighted by Gasteiger charge is 2.30. The van der Waals surface area contributed by atoms with Gasteiger partial charge in [0.1, 0.15) is 13.1 Å². The molecule has 0 unspecified atom stereocenters. The third-order valence-corrected chi connectivity index (χ3v) is 3.09. The molecule has 1 aliphatic heterocycles. The van der Waals surface area contributed by atoms with Crippen molar-refractivity contribution >= 4 is 23.9 Å². The highest BCUT2D eigenvalue weighted by molar-refractivity contribution is 5.84. The second-order valence-corrected chi connectivity index (χ2v) is 4.59. The van der Waals surface area contributed by atoms with Crippen LogP contribution in [0.1, 0.15) is 12.8 Å². The van der Waals surface area contributed by atoms with Crippen LogP contribution < -0.4 is 5.73 Å². The van der Waals surface area contributed by atoms with Gasteiger partial charge in [-0.1, -0.05) is 0 Å². The molecule has 1 aliphatic rings. The lowest BCUT2D eigenvalue weighted by molar-refractivity contribution is -0.140. The van der Waals surface area contributed by atoms with Gasteiger partial charge < -0.3 is 25.7 Å². The van der Waals surface area contributed by atoms with Crippen molar-refractivity contribution in [3.8, 4) is 0 Å². The summed E-state index contributed by atoms with van der Waals surface area (Å²) in [7, 11) is 0. The molecule has 4 N–H and O–H groups in total. The number of urea groups is 1. The molecule has 1 saturated heterocycles. The number of rotatable bonds is 5. The summed E-state index contributed by atoms with van der Waals surface area (Å²) in [5.74, 6) is -3.30. The van der Waals surface area contributed by atoms with Crippen LogP contribution in [0.25, 0.3) is 0 Å². The van der Waals surface area contributed by atoms with E-state index in [-0.39, 0.29) is 19.0 Å². The maximum absolute atomic E-state index is 12.1. The van der Waals surface area contributed by atoms with Gasteiger partial charge in [0.15, 0.2) is 0 Å². The van der Waals surface area contributed by atoms with Crippen LogP contribution in [0.5, 0.6) is 0 Å². The first-order valence-corrected chi connectivity index (χ1v) is 6.08. The topological polar surface area (TPSA) is 141 Å². The number of carbonyl (C=O) groups excluding carboxylic acids is 2. The fraction of sp³-hybridized carbons (Fsp3) is 0.636. The summed E-state index contributed by atoms with van der Waals surface area (Å²) >= 11 is 0. The number of carbonyl (C=O) groups is 4. The van der Waals surface area contributed by atoms with E-state index in [4.69, 9.17) is 15.9 Å². The summed E-state index contributed by atoms with van der Waals surface area (Å²) in [6.45, 7) is -0.855. The highest BCUT2D eigenvalue weighted by Crippen LogP contribution is 2.17. The van der Waals surface area contributed by atoms with Gasteiger partial charge in [-0.2, -0.15) is 0 Å². The Morgan fingerprint density at radius 3 is 1.85 bits per heavy atom. The van der Waals surface area contributed by atoms with Crippen LogP contribution in [0.4, 0.5) is 4.79 Å². The van der Waals surface area contributed by atoms with Crippen LogP contribution in [-0.4, -0.2) is 70.1 Å². The molecule has 0 bridgehead atoms. The van der Waals surface area contributed by atoms with Gasteiger partial charge in [0.05, 0.1) is 0 Å². The lowest BCUT2D eigenvalue weighted by Gasteiger charge is -2.33. The van der Waals surface area contributed by atoms with E-state index in [0.717, 1.165) is 4.90 Å². The molecule has 0 saturated carbocycles. The van der Waals surface area contributed by atoms with Gasteiger partial charge in [0.25, 0.3) is 0 Å². The summed E-state index contributed by atoms with van der Waals surface area (Å²) in [6, 6.07) is -0.655. The Morgan fingerprint density at radius 1 is 1.05 bits per heavy atom. The Kier molecular flexibility index (Phi) is 5.30. The number of amides is 3. The van der Waals surface area contributed by atoms with Gasteiger partial charge in [-0.15, -0.1) is 0 Å². The van der Waals surface area contributed by atoms with Crippen molar-refractivity contribution in [1.82, 2.24) is 9.80 Å². The van der Waals surface area contributed by atoms with Gasteiger partial charge in [0, 0.05) is 19.0 Å². The Labute approximate surface area is 114 Å². The molecule has 0 spiro atoms. The Hall–Kier alpha value is -2.32. The molecular weight excluding hydrogens is 270 g/mol. The van der Waals surface area contributed by atoms with E-state index < -0.39 is 37.0 Å². The van der Waals surface area contributed by atoms with E-state index in [9.17, 15) is 19.2 Å². The minimum atomic E-state index is -1.29. The third-order valence-electron chi connectivity index (χ3n) is 3.09. The standard InChI is InChI=1S/C11H17N3O6/c12-10(19)7-1-3-13(4-2-7)11(20)14(5-8(15)16)6-9(17)18/h7H,1-6H2,(H2,12,19)(H,15,16)(H,17,18). The summed E-state index contributed by atoms with van der Waals surface area (Å²) in [5.41, 5.74) is 5.17. The lowest BCUT2D eigenvalue weighted by atomic mass is 9.96. The molecule has 3 amide bonds. The largest absolute Gasteiger partial charge is 0.480 e. The minimum Gasteiger partial charge on any atom is -0.480 e. The molecule has 0 aromatic rings. The second kappa shape index (κ2) is 6.73. The van der Waals surface area contributed by atoms with Crippen molar-refractivity contribution in [3.63, 3.8) is 0 Å². The number of hydrogen-bond acceptors (Lipinski definition) is 4. The molecular formula is C11H17N3O6. The zero-order valence-electron chi connectivity index (χ0n) is 10.8. The number of primary amides is 1. The van der Waals surface area contributed by atoms with Gasteiger partial charge in [-0.3, -0.25) is 14.4 Å². The van der Waals surface area contributed by atoms with Gasteiger partial charge >= 0.3 is 18.0 Å². The number of nitrogens with two attached hydrogens (primary N) is 1. The van der Waals surface area contributed by atoms with Crippen LogP contribution in [0.3, 0.4) is 0 Å². The fourth-order valence-electron chi connectivity index (χ4n) is 2.07. The zero-order chi connectivity index (χ0) is 15.3. The number of hydrogen-bond donors (Lipinski definition) is 3. The van der Waals surface area contributed by atoms with E-state index in [2.05, 4.69) is 0 Å². The lowest BCUT2D eigenvalue weighted by Crippen LogP contribution is -2.50. The van der Waals surface area contributed by atoms with E-state index >= 15 is 0 Å². The Morgan fingerprint density at radius 2 is 1.50 bits per heavy atom. The third kappa shape index (κ3) is 4.41. The van der Waals surface area contributed by atoms with E-state index in [1.165, 1.54) is 4.90 Å². The van der Waals surface area contributed by atoms with Gasteiger partial charge in [0.2, 0.25) is 5.91 Å². The molecule has 0 aromatic carbocycles. The smallest absolute Gasteiger partial charge is 0.323 e. The van der Waals surface area contributed by atoms with Gasteiger partial charge in [-0.25, -0.2) is 4.79 Å². The normalized spacial score (nSPS) is 15.7. The molecule has 0 aliphatic carbocycles. The number of likely N-dealkylation sites (tertiary alicyclic amines) is 1. The molecule has 0 atom stereocenters. The monoisotopic (exact) mass is 287 g/mol. The summed E-state index contributed by atoms with van der Waals surface area (Å²) in [5, 5.41) is 17.4. The molecule has 1 heterocycles. The highest BCUT2D eigenvalue weighted by atomic mass is 16.4. The molecule has 112 valence electrons. The first kappa shape index (κ1) is 15.7.